The van der Waals surface area contributed by atoms with Crippen LogP contribution in [-0.2, 0) is 28.9 Å². The lowest BCUT2D eigenvalue weighted by Crippen LogP contribution is -2.37. The second kappa shape index (κ2) is 10.1. The van der Waals surface area contributed by atoms with Gasteiger partial charge in [0, 0.05) is 0 Å². The number of amides is 1. The highest BCUT2D eigenvalue weighted by Crippen LogP contribution is 2.31. The van der Waals surface area contributed by atoms with Gasteiger partial charge in [-0.1, -0.05) is 50.2 Å². The number of halogens is 3. The summed E-state index contributed by atoms with van der Waals surface area (Å²) in [6.45, 7) is 3.29. The fourth-order valence-electron chi connectivity index (χ4n) is 3.55. The predicted octanol–water partition coefficient (Wildman–Crippen LogP) is 3.99. The number of hydrogen-bond donors (Lipinski definition) is 4. The number of nitrogens with one attached hydrogen (secondary N) is 2. The largest absolute Gasteiger partial charge is 0.493 e. The molecule has 4 N–H and O–H groups in total. The number of carbonyl (C=O) groups excluding carboxylic acids is 1. The van der Waals surface area contributed by atoms with Crippen LogP contribution in [0.1, 0.15) is 36.7 Å². The molecule has 3 aromatic rings. The summed E-state index contributed by atoms with van der Waals surface area (Å²) in [7, 11) is 0. The zero-order chi connectivity index (χ0) is 25.0. The molecule has 1 amide bonds. The van der Waals surface area contributed by atoms with Crippen molar-refractivity contribution >= 4 is 5.91 Å². The second-order valence-electron chi connectivity index (χ2n) is 8.03. The van der Waals surface area contributed by atoms with E-state index in [9.17, 15) is 27.9 Å². The van der Waals surface area contributed by atoms with Crippen molar-refractivity contribution in [1.82, 2.24) is 15.0 Å². The number of benzene rings is 2. The number of hydrogen-bond acceptors (Lipinski definition) is 5. The number of rotatable bonds is 8. The van der Waals surface area contributed by atoms with Crippen LogP contribution in [0.15, 0.2) is 53.3 Å². The van der Waals surface area contributed by atoms with E-state index < -0.39 is 41.2 Å². The van der Waals surface area contributed by atoms with E-state index >= 15 is 0 Å². The Morgan fingerprint density at radius 3 is 2.12 bits per heavy atom. The first-order valence-corrected chi connectivity index (χ1v) is 10.3. The van der Waals surface area contributed by atoms with Gasteiger partial charge in [-0.15, -0.1) is 0 Å². The van der Waals surface area contributed by atoms with Gasteiger partial charge in [-0.2, -0.15) is 13.2 Å². The minimum atomic E-state index is -4.39. The summed E-state index contributed by atoms with van der Waals surface area (Å²) in [5.74, 6) is -1.71. The van der Waals surface area contributed by atoms with Crippen LogP contribution in [-0.4, -0.2) is 25.8 Å². The van der Waals surface area contributed by atoms with Gasteiger partial charge in [-0.25, -0.2) is 14.8 Å². The van der Waals surface area contributed by atoms with Crippen LogP contribution in [0, 0.1) is 5.92 Å². The molecule has 0 radical (unpaired) electrons. The molecule has 0 unspecified atom stereocenters. The number of nitrogens with zero attached hydrogens (tertiary/aromatic N) is 1. The van der Waals surface area contributed by atoms with E-state index in [1.165, 1.54) is 17.6 Å². The van der Waals surface area contributed by atoms with Crippen molar-refractivity contribution in [2.45, 2.75) is 39.3 Å². The Labute approximate surface area is 192 Å². The lowest BCUT2D eigenvalue weighted by molar-refractivity contribution is -0.137. The average molecular weight is 479 g/mol. The van der Waals surface area contributed by atoms with Gasteiger partial charge in [0.1, 0.15) is 11.7 Å². The van der Waals surface area contributed by atoms with Gasteiger partial charge in [-0.3, -0.25) is 10.0 Å². The molecule has 0 fully saturated rings. The van der Waals surface area contributed by atoms with Crippen molar-refractivity contribution in [3.05, 3.63) is 75.8 Å². The number of aromatic nitrogens is 2. The molecule has 8 nitrogen and oxygen atoms in total. The summed E-state index contributed by atoms with van der Waals surface area (Å²) in [4.78, 5) is 26.7. The van der Waals surface area contributed by atoms with Crippen LogP contribution >= 0.6 is 0 Å². The standard InChI is InChI=1S/C23H24F3N3O5/c1-13(2)19(20(30)28-33)29-21(31)18(27-22(29)32)12-34-11-14-3-5-15(6-4-14)16-7-9-17(10-8-16)23(24,25)26/h3-10,13,19,31,33H,11-12H2,1-2H3,(H,27,32)(H,28,30)/t19-/m1/s1. The quantitative estimate of drug-likeness (QED) is 0.288. The van der Waals surface area contributed by atoms with Crippen molar-refractivity contribution in [3.8, 4) is 17.0 Å². The molecule has 0 bridgehead atoms. The molecule has 0 aliphatic heterocycles. The zero-order valence-electron chi connectivity index (χ0n) is 18.4. The van der Waals surface area contributed by atoms with E-state index in [0.717, 1.165) is 27.8 Å². The van der Waals surface area contributed by atoms with E-state index in [4.69, 9.17) is 9.94 Å². The summed E-state index contributed by atoms with van der Waals surface area (Å²) < 4.78 is 44.6. The number of aromatic hydroxyl groups is 1. The lowest BCUT2D eigenvalue weighted by Gasteiger charge is -2.19. The van der Waals surface area contributed by atoms with Gasteiger partial charge in [0.25, 0.3) is 5.91 Å². The maximum atomic E-state index is 12.7. The van der Waals surface area contributed by atoms with E-state index in [1.807, 2.05) is 0 Å². The number of H-pyrrole nitrogens is 1. The number of hydroxylamine groups is 1. The van der Waals surface area contributed by atoms with E-state index in [-0.39, 0.29) is 18.9 Å². The fourth-order valence-corrected chi connectivity index (χ4v) is 3.55. The predicted molar refractivity (Wildman–Crippen MR) is 116 cm³/mol. The van der Waals surface area contributed by atoms with Crippen molar-refractivity contribution in [2.24, 2.45) is 5.92 Å². The van der Waals surface area contributed by atoms with Gasteiger partial charge >= 0.3 is 11.9 Å². The van der Waals surface area contributed by atoms with Gasteiger partial charge in [-0.05, 0) is 34.7 Å². The lowest BCUT2D eigenvalue weighted by atomic mass is 10.0. The maximum absolute atomic E-state index is 12.7. The van der Waals surface area contributed by atoms with Crippen LogP contribution in [0.3, 0.4) is 0 Å². The summed E-state index contributed by atoms with van der Waals surface area (Å²) in [5, 5.41) is 19.4. The Hall–Kier alpha value is -3.57. The normalized spacial score (nSPS) is 12.7. The Morgan fingerprint density at radius 1 is 1.06 bits per heavy atom. The monoisotopic (exact) mass is 479 g/mol. The average Bonchev–Trinajstić information content (AvgIpc) is 3.07. The minimum Gasteiger partial charge on any atom is -0.493 e. The molecule has 0 saturated carbocycles. The van der Waals surface area contributed by atoms with Crippen molar-refractivity contribution in [2.75, 3.05) is 0 Å². The second-order valence-corrected chi connectivity index (χ2v) is 8.03. The summed E-state index contributed by atoms with van der Waals surface area (Å²) in [6.07, 6.45) is -4.39. The number of ether oxygens (including phenoxy) is 1. The molecule has 3 rings (SSSR count). The van der Waals surface area contributed by atoms with Gasteiger partial charge in [0.15, 0.2) is 0 Å². The molecule has 0 spiro atoms. The molecule has 11 heteroatoms. The Morgan fingerprint density at radius 2 is 1.62 bits per heavy atom. The zero-order valence-corrected chi connectivity index (χ0v) is 18.4. The topological polar surface area (TPSA) is 117 Å². The molecule has 34 heavy (non-hydrogen) atoms. The molecule has 1 atom stereocenters. The molecule has 182 valence electrons. The summed E-state index contributed by atoms with van der Waals surface area (Å²) in [5.41, 5.74) is 2.26. The Balaban J connectivity index is 1.65. The van der Waals surface area contributed by atoms with Crippen LogP contribution in [0.4, 0.5) is 13.2 Å². The van der Waals surface area contributed by atoms with E-state index in [0.29, 0.717) is 5.56 Å². The third-order valence-electron chi connectivity index (χ3n) is 5.28. The van der Waals surface area contributed by atoms with Crippen molar-refractivity contribution in [3.63, 3.8) is 0 Å². The molecule has 2 aromatic carbocycles. The van der Waals surface area contributed by atoms with Gasteiger partial charge < -0.3 is 14.8 Å². The van der Waals surface area contributed by atoms with Gasteiger partial charge in [0.2, 0.25) is 5.88 Å². The van der Waals surface area contributed by atoms with Crippen LogP contribution in [0.25, 0.3) is 11.1 Å². The van der Waals surface area contributed by atoms with E-state index in [1.54, 1.807) is 38.1 Å². The summed E-state index contributed by atoms with van der Waals surface area (Å²) in [6, 6.07) is 10.7. The molecule has 1 heterocycles. The Kier molecular flexibility index (Phi) is 7.48. The highest BCUT2D eigenvalue weighted by atomic mass is 19.4. The SMILES string of the molecule is CC(C)[C@H](C(=O)NO)n1c(O)c(COCc2ccc(-c3ccc(C(F)(F)F)cc3)cc2)[nH]c1=O. The van der Waals surface area contributed by atoms with Gasteiger partial charge in [0.05, 0.1) is 18.8 Å². The van der Waals surface area contributed by atoms with Crippen LogP contribution in [0.2, 0.25) is 0 Å². The molecule has 0 aliphatic carbocycles. The smallest absolute Gasteiger partial charge is 0.416 e. The van der Waals surface area contributed by atoms with Crippen molar-refractivity contribution < 1.29 is 33.0 Å². The highest BCUT2D eigenvalue weighted by Gasteiger charge is 2.30. The Bertz CT molecular complexity index is 1180. The minimum absolute atomic E-state index is 0.0720. The first-order valence-electron chi connectivity index (χ1n) is 10.3. The summed E-state index contributed by atoms with van der Waals surface area (Å²) >= 11 is 0. The number of carbonyl (C=O) groups is 1. The third-order valence-corrected chi connectivity index (χ3v) is 5.28. The molecular formula is C23H24F3N3O5. The van der Waals surface area contributed by atoms with Crippen LogP contribution in [0.5, 0.6) is 5.88 Å². The highest BCUT2D eigenvalue weighted by molar-refractivity contribution is 5.79. The first kappa shape index (κ1) is 25.1. The molecular weight excluding hydrogens is 455 g/mol. The first-order chi connectivity index (χ1) is 16.0. The number of alkyl halides is 3. The van der Waals surface area contributed by atoms with E-state index in [2.05, 4.69) is 4.98 Å². The third kappa shape index (κ3) is 5.49. The number of aromatic amines is 1. The number of imidazole rings is 1. The maximum Gasteiger partial charge on any atom is 0.416 e. The van der Waals surface area contributed by atoms with Crippen molar-refractivity contribution in [1.29, 1.82) is 0 Å². The molecule has 1 aromatic heterocycles. The molecule has 0 aliphatic rings. The fraction of sp³-hybridized carbons (Fsp3) is 0.304. The van der Waals surface area contributed by atoms with Crippen LogP contribution < -0.4 is 11.2 Å². The molecule has 0 saturated heterocycles.